The largest absolute Gasteiger partial charge is 0.472 e. The first-order valence-electron chi connectivity index (χ1n) is 6.87. The van der Waals surface area contributed by atoms with Gasteiger partial charge >= 0.3 is 0 Å². The van der Waals surface area contributed by atoms with E-state index in [1.807, 2.05) is 0 Å². The maximum atomic E-state index is 12.1. The zero-order chi connectivity index (χ0) is 12.1. The zero-order valence-electron chi connectivity index (χ0n) is 10.7. The van der Waals surface area contributed by atoms with Crippen molar-refractivity contribution in [3.63, 3.8) is 0 Å². The van der Waals surface area contributed by atoms with Crippen molar-refractivity contribution in [2.75, 3.05) is 0 Å². The minimum atomic E-state index is 0.241. The SMILES string of the molecule is CCCCC1CCC(C(=O)c2ccoc2)CC1. The van der Waals surface area contributed by atoms with E-state index in [0.717, 1.165) is 24.3 Å². The summed E-state index contributed by atoms with van der Waals surface area (Å²) in [4.78, 5) is 12.1. The van der Waals surface area contributed by atoms with E-state index < -0.39 is 0 Å². The van der Waals surface area contributed by atoms with Crippen molar-refractivity contribution in [1.82, 2.24) is 0 Å². The van der Waals surface area contributed by atoms with Crippen LogP contribution < -0.4 is 0 Å². The smallest absolute Gasteiger partial charge is 0.169 e. The summed E-state index contributed by atoms with van der Waals surface area (Å²) >= 11 is 0. The molecule has 0 radical (unpaired) electrons. The predicted molar refractivity (Wildman–Crippen MR) is 68.0 cm³/mol. The normalized spacial score (nSPS) is 24.8. The van der Waals surface area contributed by atoms with Gasteiger partial charge < -0.3 is 4.42 Å². The minimum absolute atomic E-state index is 0.241. The highest BCUT2D eigenvalue weighted by Gasteiger charge is 2.26. The van der Waals surface area contributed by atoms with Crippen LogP contribution in [0.3, 0.4) is 0 Å². The van der Waals surface area contributed by atoms with Gasteiger partial charge in [0, 0.05) is 5.92 Å². The molecule has 2 nitrogen and oxygen atoms in total. The quantitative estimate of drug-likeness (QED) is 0.704. The van der Waals surface area contributed by atoms with Crippen molar-refractivity contribution >= 4 is 5.78 Å². The van der Waals surface area contributed by atoms with E-state index in [-0.39, 0.29) is 11.7 Å². The Morgan fingerprint density at radius 1 is 1.35 bits per heavy atom. The van der Waals surface area contributed by atoms with Crippen LogP contribution in [-0.2, 0) is 0 Å². The third-order valence-corrected chi connectivity index (χ3v) is 3.99. The summed E-state index contributed by atoms with van der Waals surface area (Å²) in [5.41, 5.74) is 0.752. The van der Waals surface area contributed by atoms with Gasteiger partial charge in [-0.1, -0.05) is 26.2 Å². The van der Waals surface area contributed by atoms with E-state index in [1.54, 1.807) is 18.6 Å². The summed E-state index contributed by atoms with van der Waals surface area (Å²) in [5, 5.41) is 0. The van der Waals surface area contributed by atoms with E-state index >= 15 is 0 Å². The van der Waals surface area contributed by atoms with Crippen LogP contribution in [0.4, 0.5) is 0 Å². The molecule has 0 saturated heterocycles. The van der Waals surface area contributed by atoms with Gasteiger partial charge in [0.25, 0.3) is 0 Å². The van der Waals surface area contributed by atoms with Gasteiger partial charge in [-0.3, -0.25) is 4.79 Å². The van der Waals surface area contributed by atoms with E-state index in [4.69, 9.17) is 4.42 Å². The molecule has 2 rings (SSSR count). The fourth-order valence-electron chi connectivity index (χ4n) is 2.85. The molecule has 1 aromatic heterocycles. The molecule has 1 heterocycles. The molecule has 0 unspecified atom stereocenters. The number of furan rings is 1. The molecule has 0 spiro atoms. The van der Waals surface area contributed by atoms with Gasteiger partial charge in [-0.15, -0.1) is 0 Å². The molecule has 94 valence electrons. The number of carbonyl (C=O) groups is 1. The van der Waals surface area contributed by atoms with E-state index in [9.17, 15) is 4.79 Å². The molecule has 1 aliphatic carbocycles. The molecular weight excluding hydrogens is 212 g/mol. The highest BCUT2D eigenvalue weighted by atomic mass is 16.3. The number of Topliss-reactive ketones (excluding diaryl/α,β-unsaturated/α-hetero) is 1. The van der Waals surface area contributed by atoms with Crippen LogP contribution in [0.2, 0.25) is 0 Å². The van der Waals surface area contributed by atoms with Crippen LogP contribution in [0.1, 0.15) is 62.2 Å². The zero-order valence-corrected chi connectivity index (χ0v) is 10.7. The molecule has 1 fully saturated rings. The van der Waals surface area contributed by atoms with Gasteiger partial charge in [0.15, 0.2) is 5.78 Å². The Morgan fingerprint density at radius 2 is 2.12 bits per heavy atom. The molecule has 0 aromatic carbocycles. The maximum absolute atomic E-state index is 12.1. The summed E-state index contributed by atoms with van der Waals surface area (Å²) in [6.07, 6.45) is 11.7. The Hall–Kier alpha value is -1.05. The first kappa shape index (κ1) is 12.4. The van der Waals surface area contributed by atoms with Gasteiger partial charge in [-0.25, -0.2) is 0 Å². The van der Waals surface area contributed by atoms with Crippen molar-refractivity contribution in [2.45, 2.75) is 51.9 Å². The molecular formula is C15H22O2. The molecule has 17 heavy (non-hydrogen) atoms. The number of ketones is 1. The average Bonchev–Trinajstić information content (AvgIpc) is 2.90. The fourth-order valence-corrected chi connectivity index (χ4v) is 2.85. The van der Waals surface area contributed by atoms with Crippen LogP contribution >= 0.6 is 0 Å². The molecule has 0 N–H and O–H groups in total. The summed E-state index contributed by atoms with van der Waals surface area (Å²) in [5.74, 6) is 1.39. The van der Waals surface area contributed by atoms with Gasteiger partial charge in [0.2, 0.25) is 0 Å². The lowest BCUT2D eigenvalue weighted by atomic mass is 9.77. The Balaban J connectivity index is 1.81. The standard InChI is InChI=1S/C15H22O2/c1-2-3-4-12-5-7-13(8-6-12)15(16)14-9-10-17-11-14/h9-13H,2-8H2,1H3. The summed E-state index contributed by atoms with van der Waals surface area (Å²) < 4.78 is 4.98. The number of hydrogen-bond donors (Lipinski definition) is 0. The molecule has 0 aliphatic heterocycles. The Labute approximate surface area is 103 Å². The Bertz CT molecular complexity index is 332. The molecule has 2 heteroatoms. The lowest BCUT2D eigenvalue weighted by molar-refractivity contribution is 0.0869. The van der Waals surface area contributed by atoms with Gasteiger partial charge in [0.05, 0.1) is 11.8 Å². The third kappa shape index (κ3) is 3.21. The molecule has 1 aliphatic rings. The fraction of sp³-hybridized carbons (Fsp3) is 0.667. The lowest BCUT2D eigenvalue weighted by Gasteiger charge is -2.27. The molecule has 1 saturated carbocycles. The van der Waals surface area contributed by atoms with Crippen LogP contribution in [0, 0.1) is 11.8 Å². The van der Waals surface area contributed by atoms with Crippen molar-refractivity contribution in [3.05, 3.63) is 24.2 Å². The summed E-state index contributed by atoms with van der Waals surface area (Å²) in [6.45, 7) is 2.24. The van der Waals surface area contributed by atoms with Crippen LogP contribution in [0.15, 0.2) is 23.0 Å². The first-order valence-corrected chi connectivity index (χ1v) is 6.87. The lowest BCUT2D eigenvalue weighted by Crippen LogP contribution is -2.21. The van der Waals surface area contributed by atoms with Gasteiger partial charge in [0.1, 0.15) is 6.26 Å². The predicted octanol–water partition coefficient (Wildman–Crippen LogP) is 4.46. The second kappa shape index (κ2) is 6.04. The summed E-state index contributed by atoms with van der Waals surface area (Å²) in [6, 6.07) is 1.78. The van der Waals surface area contributed by atoms with Crippen molar-refractivity contribution < 1.29 is 9.21 Å². The monoisotopic (exact) mass is 234 g/mol. The Kier molecular flexibility index (Phi) is 4.41. The second-order valence-electron chi connectivity index (χ2n) is 5.24. The number of hydrogen-bond acceptors (Lipinski definition) is 2. The highest BCUT2D eigenvalue weighted by molar-refractivity contribution is 5.97. The second-order valence-corrected chi connectivity index (χ2v) is 5.24. The molecule has 0 atom stereocenters. The van der Waals surface area contributed by atoms with Crippen LogP contribution in [-0.4, -0.2) is 5.78 Å². The topological polar surface area (TPSA) is 30.2 Å². The maximum Gasteiger partial charge on any atom is 0.169 e. The average molecular weight is 234 g/mol. The highest BCUT2D eigenvalue weighted by Crippen LogP contribution is 2.33. The van der Waals surface area contributed by atoms with Gasteiger partial charge in [-0.05, 0) is 37.7 Å². The molecule has 0 bridgehead atoms. The van der Waals surface area contributed by atoms with Crippen molar-refractivity contribution in [2.24, 2.45) is 11.8 Å². The Morgan fingerprint density at radius 3 is 2.71 bits per heavy atom. The van der Waals surface area contributed by atoms with E-state index in [1.165, 1.54) is 32.1 Å². The van der Waals surface area contributed by atoms with E-state index in [0.29, 0.717) is 0 Å². The van der Waals surface area contributed by atoms with E-state index in [2.05, 4.69) is 6.92 Å². The van der Waals surface area contributed by atoms with Crippen molar-refractivity contribution in [3.8, 4) is 0 Å². The molecule has 0 amide bonds. The third-order valence-electron chi connectivity index (χ3n) is 3.99. The molecule has 1 aromatic rings. The summed E-state index contributed by atoms with van der Waals surface area (Å²) in [7, 11) is 0. The van der Waals surface area contributed by atoms with Crippen molar-refractivity contribution in [1.29, 1.82) is 0 Å². The number of rotatable bonds is 5. The first-order chi connectivity index (χ1) is 8.31. The van der Waals surface area contributed by atoms with Crippen LogP contribution in [0.5, 0.6) is 0 Å². The number of unbranched alkanes of at least 4 members (excludes halogenated alkanes) is 1. The van der Waals surface area contributed by atoms with Crippen LogP contribution in [0.25, 0.3) is 0 Å². The number of carbonyl (C=O) groups excluding carboxylic acids is 1. The van der Waals surface area contributed by atoms with Gasteiger partial charge in [-0.2, -0.15) is 0 Å². The minimum Gasteiger partial charge on any atom is -0.472 e.